The van der Waals surface area contributed by atoms with E-state index in [0.717, 1.165) is 5.56 Å². The fourth-order valence-electron chi connectivity index (χ4n) is 1.65. The van der Waals surface area contributed by atoms with Crippen molar-refractivity contribution in [2.45, 2.75) is 33.0 Å². The van der Waals surface area contributed by atoms with Gasteiger partial charge in [0.1, 0.15) is 5.75 Å². The van der Waals surface area contributed by atoms with Crippen molar-refractivity contribution in [1.82, 2.24) is 5.32 Å². The zero-order chi connectivity index (χ0) is 14.4. The Kier molecular flexibility index (Phi) is 5.57. The summed E-state index contributed by atoms with van der Waals surface area (Å²) in [6, 6.07) is 5.53. The number of carbonyl (C=O) groups excluding carboxylic acids is 1. The lowest BCUT2D eigenvalue weighted by molar-refractivity contribution is -0.127. The molecule has 0 aliphatic carbocycles. The Balaban J connectivity index is 2.83. The fourth-order valence-corrected chi connectivity index (χ4v) is 1.65. The van der Waals surface area contributed by atoms with E-state index in [4.69, 9.17) is 4.74 Å². The predicted octanol–water partition coefficient (Wildman–Crippen LogP) is 2.12. The van der Waals surface area contributed by atoms with E-state index in [-0.39, 0.29) is 5.91 Å². The van der Waals surface area contributed by atoms with Crippen LogP contribution >= 0.6 is 0 Å². The summed E-state index contributed by atoms with van der Waals surface area (Å²) in [7, 11) is 0. The number of aryl methyl sites for hydroxylation is 1. The van der Waals surface area contributed by atoms with Gasteiger partial charge in [-0.3, -0.25) is 4.79 Å². The van der Waals surface area contributed by atoms with Crippen LogP contribution in [0.5, 0.6) is 5.75 Å². The SMILES string of the molecule is C=CCNC(=O)C(C)Oc1cc(C)ccc1C(C)O. The van der Waals surface area contributed by atoms with Gasteiger partial charge in [0.2, 0.25) is 0 Å². The first-order valence-corrected chi connectivity index (χ1v) is 6.29. The van der Waals surface area contributed by atoms with E-state index < -0.39 is 12.2 Å². The molecule has 0 aliphatic rings. The van der Waals surface area contributed by atoms with Crippen LogP contribution in [0.3, 0.4) is 0 Å². The number of nitrogens with one attached hydrogen (secondary N) is 1. The third-order valence-corrected chi connectivity index (χ3v) is 2.71. The van der Waals surface area contributed by atoms with Crippen LogP contribution in [0.25, 0.3) is 0 Å². The van der Waals surface area contributed by atoms with Gasteiger partial charge in [-0.25, -0.2) is 0 Å². The maximum atomic E-state index is 11.7. The lowest BCUT2D eigenvalue weighted by Gasteiger charge is -2.18. The zero-order valence-electron chi connectivity index (χ0n) is 11.6. The highest BCUT2D eigenvalue weighted by Gasteiger charge is 2.17. The second-order valence-electron chi connectivity index (χ2n) is 4.51. The van der Waals surface area contributed by atoms with Gasteiger partial charge in [-0.1, -0.05) is 18.2 Å². The first kappa shape index (κ1) is 15.2. The minimum absolute atomic E-state index is 0.210. The van der Waals surface area contributed by atoms with Crippen LogP contribution in [-0.2, 0) is 4.79 Å². The summed E-state index contributed by atoms with van der Waals surface area (Å²) in [5.74, 6) is 0.328. The largest absolute Gasteiger partial charge is 0.481 e. The van der Waals surface area contributed by atoms with Crippen molar-refractivity contribution >= 4 is 5.91 Å². The molecule has 2 N–H and O–H groups in total. The zero-order valence-corrected chi connectivity index (χ0v) is 11.6. The maximum absolute atomic E-state index is 11.7. The van der Waals surface area contributed by atoms with Crippen molar-refractivity contribution in [3.8, 4) is 5.75 Å². The number of amides is 1. The van der Waals surface area contributed by atoms with Crippen molar-refractivity contribution in [1.29, 1.82) is 0 Å². The van der Waals surface area contributed by atoms with Gasteiger partial charge in [0.15, 0.2) is 6.10 Å². The first-order valence-electron chi connectivity index (χ1n) is 6.29. The second kappa shape index (κ2) is 6.95. The van der Waals surface area contributed by atoms with Gasteiger partial charge in [-0.2, -0.15) is 0 Å². The molecule has 104 valence electrons. The van der Waals surface area contributed by atoms with E-state index in [1.54, 1.807) is 19.9 Å². The molecule has 1 aromatic rings. The molecule has 1 amide bonds. The van der Waals surface area contributed by atoms with Crippen LogP contribution in [0.15, 0.2) is 30.9 Å². The molecule has 0 radical (unpaired) electrons. The molecule has 2 unspecified atom stereocenters. The van der Waals surface area contributed by atoms with Gasteiger partial charge < -0.3 is 15.2 Å². The van der Waals surface area contributed by atoms with E-state index in [1.165, 1.54) is 0 Å². The lowest BCUT2D eigenvalue weighted by Crippen LogP contribution is -2.36. The second-order valence-corrected chi connectivity index (χ2v) is 4.51. The van der Waals surface area contributed by atoms with E-state index in [0.29, 0.717) is 17.9 Å². The molecule has 2 atom stereocenters. The molecule has 1 aromatic carbocycles. The molecule has 0 saturated carbocycles. The Bertz CT molecular complexity index is 455. The molecule has 4 heteroatoms. The lowest BCUT2D eigenvalue weighted by atomic mass is 10.1. The predicted molar refractivity (Wildman–Crippen MR) is 75.1 cm³/mol. The van der Waals surface area contributed by atoms with Gasteiger partial charge >= 0.3 is 0 Å². The third kappa shape index (κ3) is 4.41. The van der Waals surface area contributed by atoms with E-state index in [2.05, 4.69) is 11.9 Å². The molecule has 0 aromatic heterocycles. The van der Waals surface area contributed by atoms with Crippen LogP contribution in [0, 0.1) is 6.92 Å². The Morgan fingerprint density at radius 3 is 2.79 bits per heavy atom. The Hall–Kier alpha value is -1.81. The average Bonchev–Trinajstić information content (AvgIpc) is 2.35. The number of ether oxygens (including phenoxy) is 1. The van der Waals surface area contributed by atoms with Crippen LogP contribution < -0.4 is 10.1 Å². The number of benzene rings is 1. The number of aliphatic hydroxyl groups excluding tert-OH is 1. The monoisotopic (exact) mass is 263 g/mol. The van der Waals surface area contributed by atoms with Crippen molar-refractivity contribution in [2.24, 2.45) is 0 Å². The Morgan fingerprint density at radius 2 is 2.21 bits per heavy atom. The highest BCUT2D eigenvalue weighted by atomic mass is 16.5. The molecule has 19 heavy (non-hydrogen) atoms. The summed E-state index contributed by atoms with van der Waals surface area (Å²) in [4.78, 5) is 11.7. The molecular formula is C15H21NO3. The van der Waals surface area contributed by atoms with E-state index in [1.807, 2.05) is 25.1 Å². The molecule has 0 fully saturated rings. The Morgan fingerprint density at radius 1 is 1.53 bits per heavy atom. The number of aliphatic hydroxyl groups is 1. The van der Waals surface area contributed by atoms with Crippen molar-refractivity contribution in [3.63, 3.8) is 0 Å². The molecular weight excluding hydrogens is 242 g/mol. The Labute approximate surface area is 114 Å². The number of carbonyl (C=O) groups is 1. The highest BCUT2D eigenvalue weighted by Crippen LogP contribution is 2.27. The first-order chi connectivity index (χ1) is 8.95. The van der Waals surface area contributed by atoms with Gasteiger partial charge in [0.05, 0.1) is 6.10 Å². The standard InChI is InChI=1S/C15H21NO3/c1-5-8-16-15(18)12(4)19-14-9-10(2)6-7-13(14)11(3)17/h5-7,9,11-12,17H,1,8H2,2-4H3,(H,16,18). The van der Waals surface area contributed by atoms with Gasteiger partial charge in [-0.15, -0.1) is 6.58 Å². The third-order valence-electron chi connectivity index (χ3n) is 2.71. The molecule has 0 spiro atoms. The normalized spacial score (nSPS) is 13.5. The molecule has 4 nitrogen and oxygen atoms in total. The van der Waals surface area contributed by atoms with Gasteiger partial charge in [0, 0.05) is 12.1 Å². The fraction of sp³-hybridized carbons (Fsp3) is 0.400. The highest BCUT2D eigenvalue weighted by molar-refractivity contribution is 5.80. The smallest absolute Gasteiger partial charge is 0.261 e. The molecule has 1 rings (SSSR count). The minimum Gasteiger partial charge on any atom is -0.481 e. The van der Waals surface area contributed by atoms with Crippen LogP contribution in [0.2, 0.25) is 0 Å². The topological polar surface area (TPSA) is 58.6 Å². The summed E-state index contributed by atoms with van der Waals surface area (Å²) < 4.78 is 5.64. The maximum Gasteiger partial charge on any atom is 0.261 e. The van der Waals surface area contributed by atoms with E-state index >= 15 is 0 Å². The van der Waals surface area contributed by atoms with Crippen LogP contribution in [0.1, 0.15) is 31.1 Å². The quantitative estimate of drug-likeness (QED) is 0.773. The molecule has 0 aliphatic heterocycles. The number of hydrogen-bond donors (Lipinski definition) is 2. The minimum atomic E-state index is -0.640. The van der Waals surface area contributed by atoms with E-state index in [9.17, 15) is 9.90 Å². The number of rotatable bonds is 6. The molecule has 0 saturated heterocycles. The number of hydrogen-bond acceptors (Lipinski definition) is 3. The molecule has 0 bridgehead atoms. The van der Waals surface area contributed by atoms with Crippen LogP contribution in [0.4, 0.5) is 0 Å². The van der Waals surface area contributed by atoms with Crippen LogP contribution in [-0.4, -0.2) is 23.7 Å². The molecule has 0 heterocycles. The summed E-state index contributed by atoms with van der Waals surface area (Å²) in [5.41, 5.74) is 1.69. The summed E-state index contributed by atoms with van der Waals surface area (Å²) in [6.45, 7) is 9.21. The van der Waals surface area contributed by atoms with Crippen molar-refractivity contribution in [2.75, 3.05) is 6.54 Å². The van der Waals surface area contributed by atoms with Crippen molar-refractivity contribution in [3.05, 3.63) is 42.0 Å². The van der Waals surface area contributed by atoms with Gasteiger partial charge in [0.25, 0.3) is 5.91 Å². The van der Waals surface area contributed by atoms with Gasteiger partial charge in [-0.05, 0) is 32.4 Å². The summed E-state index contributed by atoms with van der Waals surface area (Å²) >= 11 is 0. The average molecular weight is 263 g/mol. The summed E-state index contributed by atoms with van der Waals surface area (Å²) in [5, 5.41) is 12.4. The van der Waals surface area contributed by atoms with Crippen molar-refractivity contribution < 1.29 is 14.6 Å². The summed E-state index contributed by atoms with van der Waals surface area (Å²) in [6.07, 6.45) is 0.344.